The lowest BCUT2D eigenvalue weighted by Crippen LogP contribution is -1.86. The zero-order valence-corrected chi connectivity index (χ0v) is 9.62. The first-order valence-corrected chi connectivity index (χ1v) is 5.08. The third kappa shape index (κ3) is 1.70. The highest BCUT2D eigenvalue weighted by atomic mass is 79.9. The van der Waals surface area contributed by atoms with Crippen molar-refractivity contribution >= 4 is 15.9 Å². The Morgan fingerprint density at radius 1 is 1.36 bits per heavy atom. The van der Waals surface area contributed by atoms with Gasteiger partial charge < -0.3 is 0 Å². The summed E-state index contributed by atoms with van der Waals surface area (Å²) in [7, 11) is 1.90. The van der Waals surface area contributed by atoms with E-state index in [9.17, 15) is 0 Å². The van der Waals surface area contributed by atoms with E-state index in [1.807, 2.05) is 38.5 Å². The van der Waals surface area contributed by atoms with Gasteiger partial charge in [-0.05, 0) is 34.5 Å². The molecule has 2 aromatic heterocycles. The normalized spacial score (nSPS) is 10.5. The molecule has 72 valence electrons. The quantitative estimate of drug-likeness (QED) is 0.730. The Kier molecular flexibility index (Phi) is 2.37. The van der Waals surface area contributed by atoms with Crippen molar-refractivity contribution in [1.29, 1.82) is 0 Å². The fourth-order valence-corrected chi connectivity index (χ4v) is 1.54. The lowest BCUT2D eigenvalue weighted by molar-refractivity contribution is 0.768. The molecule has 0 unspecified atom stereocenters. The van der Waals surface area contributed by atoms with E-state index in [1.165, 1.54) is 0 Å². The van der Waals surface area contributed by atoms with Crippen molar-refractivity contribution in [3.8, 4) is 11.3 Å². The second kappa shape index (κ2) is 3.53. The molecule has 2 aromatic rings. The topological polar surface area (TPSA) is 30.7 Å². The third-order valence-electron chi connectivity index (χ3n) is 2.04. The smallest absolute Gasteiger partial charge is 0.109 e. The molecule has 0 aliphatic rings. The maximum Gasteiger partial charge on any atom is 0.109 e. The van der Waals surface area contributed by atoms with Gasteiger partial charge in [0.2, 0.25) is 0 Å². The van der Waals surface area contributed by atoms with E-state index < -0.39 is 0 Å². The highest BCUT2D eigenvalue weighted by Gasteiger charge is 2.03. The Hall–Kier alpha value is -1.16. The van der Waals surface area contributed by atoms with Crippen LogP contribution in [0.2, 0.25) is 0 Å². The Balaban J connectivity index is 2.47. The molecule has 3 nitrogen and oxygen atoms in total. The molecule has 0 aliphatic heterocycles. The molecular weight excluding hydrogens is 242 g/mol. The zero-order chi connectivity index (χ0) is 10.1. The van der Waals surface area contributed by atoms with Crippen LogP contribution in [-0.2, 0) is 7.05 Å². The SMILES string of the molecule is Cc1ccc(-c2cnn(C)c2)nc1Br. The van der Waals surface area contributed by atoms with E-state index in [0.717, 1.165) is 21.4 Å². The van der Waals surface area contributed by atoms with Crippen LogP contribution in [0.1, 0.15) is 5.56 Å². The van der Waals surface area contributed by atoms with Gasteiger partial charge >= 0.3 is 0 Å². The van der Waals surface area contributed by atoms with Crippen LogP contribution in [-0.4, -0.2) is 14.8 Å². The first-order chi connectivity index (χ1) is 6.66. The first-order valence-electron chi connectivity index (χ1n) is 4.29. The summed E-state index contributed by atoms with van der Waals surface area (Å²) in [6.45, 7) is 2.02. The number of halogens is 1. The van der Waals surface area contributed by atoms with Gasteiger partial charge in [0, 0.05) is 18.8 Å². The van der Waals surface area contributed by atoms with Crippen LogP contribution in [0.3, 0.4) is 0 Å². The first kappa shape index (κ1) is 9.40. The van der Waals surface area contributed by atoms with Crippen molar-refractivity contribution in [3.63, 3.8) is 0 Å². The van der Waals surface area contributed by atoms with Crippen molar-refractivity contribution in [3.05, 3.63) is 34.7 Å². The molecule has 14 heavy (non-hydrogen) atoms. The van der Waals surface area contributed by atoms with Gasteiger partial charge in [-0.1, -0.05) is 6.07 Å². The summed E-state index contributed by atoms with van der Waals surface area (Å²) in [6.07, 6.45) is 3.76. The number of nitrogens with zero attached hydrogens (tertiary/aromatic N) is 3. The number of aromatic nitrogens is 3. The van der Waals surface area contributed by atoms with Crippen molar-refractivity contribution in [2.75, 3.05) is 0 Å². The molecule has 4 heteroatoms. The minimum absolute atomic E-state index is 0.888. The van der Waals surface area contributed by atoms with E-state index in [-0.39, 0.29) is 0 Å². The molecule has 0 atom stereocenters. The van der Waals surface area contributed by atoms with E-state index in [4.69, 9.17) is 0 Å². The summed E-state index contributed by atoms with van der Waals surface area (Å²) in [4.78, 5) is 4.42. The number of aryl methyl sites for hydroxylation is 2. The average molecular weight is 252 g/mol. The fourth-order valence-electron chi connectivity index (χ4n) is 1.22. The average Bonchev–Trinajstić information content (AvgIpc) is 2.57. The van der Waals surface area contributed by atoms with E-state index in [0.29, 0.717) is 0 Å². The van der Waals surface area contributed by atoms with Gasteiger partial charge in [-0.3, -0.25) is 4.68 Å². The summed E-state index contributed by atoms with van der Waals surface area (Å²) in [5.41, 5.74) is 3.11. The molecule has 0 aromatic carbocycles. The molecule has 2 heterocycles. The summed E-state index contributed by atoms with van der Waals surface area (Å²) >= 11 is 3.41. The third-order valence-corrected chi connectivity index (χ3v) is 2.84. The Labute approximate surface area is 90.9 Å². The molecule has 0 aliphatic carbocycles. The van der Waals surface area contributed by atoms with Crippen LogP contribution >= 0.6 is 15.9 Å². The predicted molar refractivity (Wildman–Crippen MR) is 58.9 cm³/mol. The molecule has 0 fully saturated rings. The van der Waals surface area contributed by atoms with Gasteiger partial charge in [-0.15, -0.1) is 0 Å². The summed E-state index contributed by atoms with van der Waals surface area (Å²) < 4.78 is 2.66. The van der Waals surface area contributed by atoms with Gasteiger partial charge in [0.1, 0.15) is 4.60 Å². The maximum atomic E-state index is 4.42. The van der Waals surface area contributed by atoms with Crippen molar-refractivity contribution in [1.82, 2.24) is 14.8 Å². The lowest BCUT2D eigenvalue weighted by atomic mass is 10.2. The minimum atomic E-state index is 0.888. The lowest BCUT2D eigenvalue weighted by Gasteiger charge is -1.99. The van der Waals surface area contributed by atoms with Gasteiger partial charge in [-0.2, -0.15) is 5.10 Å². The molecule has 0 bridgehead atoms. The standard InChI is InChI=1S/C10H10BrN3/c1-7-3-4-9(13-10(7)11)8-5-12-14(2)6-8/h3-6H,1-2H3. The van der Waals surface area contributed by atoms with Gasteiger partial charge in [0.05, 0.1) is 11.9 Å². The molecule has 0 spiro atoms. The monoisotopic (exact) mass is 251 g/mol. The van der Waals surface area contributed by atoms with Crippen molar-refractivity contribution in [2.24, 2.45) is 7.05 Å². The van der Waals surface area contributed by atoms with Crippen LogP contribution in [0.15, 0.2) is 29.1 Å². The maximum absolute atomic E-state index is 4.42. The Bertz CT molecular complexity index is 462. The molecule has 0 amide bonds. The Morgan fingerprint density at radius 2 is 2.14 bits per heavy atom. The van der Waals surface area contributed by atoms with Gasteiger partial charge in [-0.25, -0.2) is 4.98 Å². The largest absolute Gasteiger partial charge is 0.275 e. The number of pyridine rings is 1. The fraction of sp³-hybridized carbons (Fsp3) is 0.200. The van der Waals surface area contributed by atoms with Gasteiger partial charge in [0.15, 0.2) is 0 Å². The van der Waals surface area contributed by atoms with E-state index >= 15 is 0 Å². The van der Waals surface area contributed by atoms with Crippen molar-refractivity contribution in [2.45, 2.75) is 6.92 Å². The highest BCUT2D eigenvalue weighted by Crippen LogP contribution is 2.20. The molecule has 0 N–H and O–H groups in total. The highest BCUT2D eigenvalue weighted by molar-refractivity contribution is 9.10. The minimum Gasteiger partial charge on any atom is -0.275 e. The van der Waals surface area contributed by atoms with Crippen LogP contribution in [0.25, 0.3) is 11.3 Å². The van der Waals surface area contributed by atoms with E-state index in [1.54, 1.807) is 4.68 Å². The molecule has 0 radical (unpaired) electrons. The van der Waals surface area contributed by atoms with E-state index in [2.05, 4.69) is 26.0 Å². The second-order valence-electron chi connectivity index (χ2n) is 3.21. The van der Waals surface area contributed by atoms with Crippen LogP contribution in [0.4, 0.5) is 0 Å². The number of rotatable bonds is 1. The number of hydrogen-bond donors (Lipinski definition) is 0. The molecule has 0 saturated heterocycles. The predicted octanol–water partition coefficient (Wildman–Crippen LogP) is 2.55. The molecule has 2 rings (SSSR count). The van der Waals surface area contributed by atoms with Crippen LogP contribution < -0.4 is 0 Å². The zero-order valence-electron chi connectivity index (χ0n) is 8.03. The molecular formula is C10H10BrN3. The number of hydrogen-bond acceptors (Lipinski definition) is 2. The Morgan fingerprint density at radius 3 is 2.71 bits per heavy atom. The van der Waals surface area contributed by atoms with Crippen LogP contribution in [0.5, 0.6) is 0 Å². The van der Waals surface area contributed by atoms with Crippen molar-refractivity contribution < 1.29 is 0 Å². The second-order valence-corrected chi connectivity index (χ2v) is 3.96. The van der Waals surface area contributed by atoms with Crippen LogP contribution in [0, 0.1) is 6.92 Å². The molecule has 0 saturated carbocycles. The summed E-state index contributed by atoms with van der Waals surface area (Å²) in [5.74, 6) is 0. The van der Waals surface area contributed by atoms with Gasteiger partial charge in [0.25, 0.3) is 0 Å². The summed E-state index contributed by atoms with van der Waals surface area (Å²) in [5, 5.41) is 4.11. The summed E-state index contributed by atoms with van der Waals surface area (Å²) in [6, 6.07) is 4.04.